The monoisotopic (exact) mass is 363 g/mol. The van der Waals surface area contributed by atoms with E-state index >= 15 is 0 Å². The summed E-state index contributed by atoms with van der Waals surface area (Å²) in [6.45, 7) is 0.245. The Bertz CT molecular complexity index is 1080. The van der Waals surface area contributed by atoms with Crippen molar-refractivity contribution in [3.05, 3.63) is 77.9 Å². The lowest BCUT2D eigenvalue weighted by molar-refractivity contribution is -0.121. The van der Waals surface area contributed by atoms with Gasteiger partial charge >= 0.3 is 0 Å². The summed E-state index contributed by atoms with van der Waals surface area (Å²) in [6.07, 6.45) is 2.98. The van der Waals surface area contributed by atoms with Crippen molar-refractivity contribution < 1.29 is 13.7 Å². The number of nitrogens with zero attached hydrogens (tertiary/aromatic N) is 1. The fraction of sp³-hybridized carbons (Fsp3) is 0.143. The molecule has 0 aliphatic rings. The first-order valence-corrected chi connectivity index (χ1v) is 8.72. The number of carbonyl (C=O) groups excluding carboxylic acids is 1. The van der Waals surface area contributed by atoms with Crippen LogP contribution in [0.4, 0.5) is 4.39 Å². The summed E-state index contributed by atoms with van der Waals surface area (Å²) in [7, 11) is 0. The van der Waals surface area contributed by atoms with Gasteiger partial charge in [-0.2, -0.15) is 0 Å². The lowest BCUT2D eigenvalue weighted by Crippen LogP contribution is -2.22. The number of aromatic amines is 1. The zero-order valence-corrected chi connectivity index (χ0v) is 14.5. The van der Waals surface area contributed by atoms with E-state index in [2.05, 4.69) is 15.5 Å². The van der Waals surface area contributed by atoms with Gasteiger partial charge in [-0.3, -0.25) is 4.79 Å². The number of H-pyrrole nitrogens is 1. The fourth-order valence-corrected chi connectivity index (χ4v) is 3.04. The van der Waals surface area contributed by atoms with Gasteiger partial charge in [-0.15, -0.1) is 0 Å². The highest BCUT2D eigenvalue weighted by Gasteiger charge is 2.10. The highest BCUT2D eigenvalue weighted by molar-refractivity contribution is 5.84. The van der Waals surface area contributed by atoms with Gasteiger partial charge in [0.1, 0.15) is 11.5 Å². The van der Waals surface area contributed by atoms with Crippen molar-refractivity contribution in [2.45, 2.75) is 19.4 Å². The van der Waals surface area contributed by atoms with Crippen molar-refractivity contribution in [3.63, 3.8) is 0 Å². The second kappa shape index (κ2) is 7.45. The number of hydrogen-bond donors (Lipinski definition) is 2. The maximum atomic E-state index is 13.3. The molecule has 1 amide bonds. The van der Waals surface area contributed by atoms with E-state index in [4.69, 9.17) is 4.52 Å². The number of fused-ring (bicyclic) bond motifs is 1. The first kappa shape index (κ1) is 17.0. The molecule has 136 valence electrons. The molecule has 5 nitrogen and oxygen atoms in total. The van der Waals surface area contributed by atoms with E-state index in [-0.39, 0.29) is 18.3 Å². The molecule has 6 heteroatoms. The Balaban J connectivity index is 1.32. The highest BCUT2D eigenvalue weighted by atomic mass is 19.1. The molecule has 4 rings (SSSR count). The molecular weight excluding hydrogens is 345 g/mol. The van der Waals surface area contributed by atoms with Gasteiger partial charge in [0, 0.05) is 35.2 Å². The molecule has 0 aliphatic heterocycles. The van der Waals surface area contributed by atoms with Gasteiger partial charge in [-0.25, -0.2) is 4.39 Å². The van der Waals surface area contributed by atoms with Gasteiger partial charge in [-0.05, 0) is 30.2 Å². The molecule has 2 aromatic carbocycles. The van der Waals surface area contributed by atoms with Crippen LogP contribution in [0, 0.1) is 5.82 Å². The Morgan fingerprint density at radius 2 is 2.04 bits per heavy atom. The van der Waals surface area contributed by atoms with Gasteiger partial charge in [0.05, 0.1) is 6.54 Å². The number of para-hydroxylation sites is 1. The number of amides is 1. The molecule has 0 radical (unpaired) electrons. The van der Waals surface area contributed by atoms with Crippen LogP contribution in [-0.2, 0) is 17.8 Å². The number of halogens is 1. The third-order valence-electron chi connectivity index (χ3n) is 4.44. The van der Waals surface area contributed by atoms with E-state index in [9.17, 15) is 9.18 Å². The molecule has 27 heavy (non-hydrogen) atoms. The Kier molecular flexibility index (Phi) is 4.70. The summed E-state index contributed by atoms with van der Waals surface area (Å²) >= 11 is 0. The van der Waals surface area contributed by atoms with Crippen molar-refractivity contribution >= 4 is 16.8 Å². The van der Waals surface area contributed by atoms with E-state index < -0.39 is 0 Å². The number of nitrogens with one attached hydrogen (secondary N) is 2. The van der Waals surface area contributed by atoms with Crippen LogP contribution in [0.15, 0.2) is 65.3 Å². The topological polar surface area (TPSA) is 70.9 Å². The van der Waals surface area contributed by atoms with Crippen LogP contribution in [-0.4, -0.2) is 16.0 Å². The van der Waals surface area contributed by atoms with E-state index in [0.717, 1.165) is 16.5 Å². The Morgan fingerprint density at radius 3 is 2.93 bits per heavy atom. The standard InChI is InChI=1S/C21H18FN3O2/c22-16-5-3-4-14(10-16)20-11-17(27-25-20)13-24-21(26)9-8-15-12-23-19-7-2-1-6-18(15)19/h1-7,10-12,23H,8-9,13H2,(H,24,26). The smallest absolute Gasteiger partial charge is 0.220 e. The van der Waals surface area contributed by atoms with Crippen LogP contribution in [0.25, 0.3) is 22.2 Å². The molecule has 2 N–H and O–H groups in total. The maximum absolute atomic E-state index is 13.3. The molecule has 0 unspecified atom stereocenters. The summed E-state index contributed by atoms with van der Waals surface area (Å²) < 4.78 is 18.5. The van der Waals surface area contributed by atoms with E-state index in [1.807, 2.05) is 30.5 Å². The Hall–Kier alpha value is -3.41. The van der Waals surface area contributed by atoms with Crippen LogP contribution in [0.2, 0.25) is 0 Å². The molecule has 4 aromatic rings. The zero-order chi connectivity index (χ0) is 18.6. The van der Waals surface area contributed by atoms with Crippen molar-refractivity contribution in [1.82, 2.24) is 15.5 Å². The van der Waals surface area contributed by atoms with Gasteiger partial charge in [-0.1, -0.05) is 35.5 Å². The van der Waals surface area contributed by atoms with Crippen LogP contribution < -0.4 is 5.32 Å². The quantitative estimate of drug-likeness (QED) is 0.539. The molecule has 0 bridgehead atoms. The van der Waals surface area contributed by atoms with E-state index in [1.165, 1.54) is 12.1 Å². The van der Waals surface area contributed by atoms with Crippen LogP contribution in [0.3, 0.4) is 0 Å². The van der Waals surface area contributed by atoms with E-state index in [0.29, 0.717) is 29.9 Å². The number of hydrogen-bond acceptors (Lipinski definition) is 3. The van der Waals surface area contributed by atoms with Crippen LogP contribution in [0.5, 0.6) is 0 Å². The maximum Gasteiger partial charge on any atom is 0.220 e. The van der Waals surface area contributed by atoms with Gasteiger partial charge in [0.2, 0.25) is 5.91 Å². The predicted octanol–water partition coefficient (Wildman–Crippen LogP) is 4.21. The number of benzene rings is 2. The summed E-state index contributed by atoms with van der Waals surface area (Å²) in [5, 5.41) is 7.90. The van der Waals surface area contributed by atoms with Gasteiger partial charge in [0.25, 0.3) is 0 Å². The van der Waals surface area contributed by atoms with Gasteiger partial charge < -0.3 is 14.8 Å². The zero-order valence-electron chi connectivity index (χ0n) is 14.5. The third kappa shape index (κ3) is 3.89. The second-order valence-corrected chi connectivity index (χ2v) is 6.33. The minimum atomic E-state index is -0.331. The molecule has 0 saturated carbocycles. The average Bonchev–Trinajstić information content (AvgIpc) is 3.32. The first-order valence-electron chi connectivity index (χ1n) is 8.72. The number of rotatable bonds is 6. The summed E-state index contributed by atoms with van der Waals surface area (Å²) in [5.74, 6) is 0.126. The van der Waals surface area contributed by atoms with Crippen LogP contribution in [0.1, 0.15) is 17.7 Å². The lowest BCUT2D eigenvalue weighted by atomic mass is 10.1. The lowest BCUT2D eigenvalue weighted by Gasteiger charge is -2.02. The average molecular weight is 363 g/mol. The van der Waals surface area contributed by atoms with Gasteiger partial charge in [0.15, 0.2) is 5.76 Å². The van der Waals surface area contributed by atoms with Crippen LogP contribution >= 0.6 is 0 Å². The molecule has 2 heterocycles. The number of aromatic nitrogens is 2. The molecule has 0 atom stereocenters. The highest BCUT2D eigenvalue weighted by Crippen LogP contribution is 2.20. The molecule has 0 aliphatic carbocycles. The largest absolute Gasteiger partial charge is 0.361 e. The third-order valence-corrected chi connectivity index (χ3v) is 4.44. The first-order chi connectivity index (χ1) is 13.2. The summed E-state index contributed by atoms with van der Waals surface area (Å²) in [6, 6.07) is 15.9. The van der Waals surface area contributed by atoms with Crippen molar-refractivity contribution in [2.75, 3.05) is 0 Å². The second-order valence-electron chi connectivity index (χ2n) is 6.33. The predicted molar refractivity (Wildman–Crippen MR) is 100 cm³/mol. The summed E-state index contributed by atoms with van der Waals surface area (Å²) in [4.78, 5) is 15.3. The fourth-order valence-electron chi connectivity index (χ4n) is 3.04. The number of carbonyl (C=O) groups is 1. The summed E-state index contributed by atoms with van der Waals surface area (Å²) in [5.41, 5.74) is 3.36. The molecule has 0 saturated heterocycles. The molecular formula is C21H18FN3O2. The van der Waals surface area contributed by atoms with E-state index in [1.54, 1.807) is 18.2 Å². The SMILES string of the molecule is O=C(CCc1c[nH]c2ccccc12)NCc1cc(-c2cccc(F)c2)no1. The molecule has 0 fully saturated rings. The Morgan fingerprint density at radius 1 is 1.15 bits per heavy atom. The molecule has 0 spiro atoms. The van der Waals surface area contributed by atoms with Crippen molar-refractivity contribution in [2.24, 2.45) is 0 Å². The van der Waals surface area contributed by atoms with Crippen molar-refractivity contribution in [3.8, 4) is 11.3 Å². The minimum absolute atomic E-state index is 0.0658. The van der Waals surface area contributed by atoms with Crippen molar-refractivity contribution in [1.29, 1.82) is 0 Å². The normalized spacial score (nSPS) is 11.0. The molecule has 2 aromatic heterocycles. The minimum Gasteiger partial charge on any atom is -0.361 e. The Labute approximate surface area is 155 Å². The number of aryl methyl sites for hydroxylation is 1.